The smallest absolute Gasteiger partial charge is 0.390 e. The molecular formula is C15H14FN7O3. The third-order valence-electron chi connectivity index (χ3n) is 3.63. The maximum atomic E-state index is 14.2. The van der Waals surface area contributed by atoms with Crippen LogP contribution in [0, 0.1) is 15.9 Å². The van der Waals surface area contributed by atoms with Crippen LogP contribution in [-0.4, -0.2) is 35.1 Å². The molecule has 1 amide bonds. The van der Waals surface area contributed by atoms with Gasteiger partial charge >= 0.3 is 5.95 Å². The lowest BCUT2D eigenvalue weighted by atomic mass is 10.1. The van der Waals surface area contributed by atoms with Crippen molar-refractivity contribution in [1.82, 2.24) is 29.6 Å². The summed E-state index contributed by atoms with van der Waals surface area (Å²) >= 11 is 0. The largest absolute Gasteiger partial charge is 0.490 e. The van der Waals surface area contributed by atoms with E-state index in [0.717, 1.165) is 11.0 Å². The summed E-state index contributed by atoms with van der Waals surface area (Å²) < 4.78 is 16.9. The van der Waals surface area contributed by atoms with Crippen molar-refractivity contribution in [3.05, 3.63) is 70.3 Å². The first-order valence-electron chi connectivity index (χ1n) is 7.50. The van der Waals surface area contributed by atoms with Crippen LogP contribution in [0.5, 0.6) is 0 Å². The Morgan fingerprint density at radius 1 is 1.38 bits per heavy atom. The van der Waals surface area contributed by atoms with Gasteiger partial charge in [-0.3, -0.25) is 4.79 Å². The number of aryl methyl sites for hydroxylation is 1. The highest BCUT2D eigenvalue weighted by Crippen LogP contribution is 2.23. The molecule has 134 valence electrons. The molecule has 3 rings (SSSR count). The molecule has 0 spiro atoms. The van der Waals surface area contributed by atoms with Gasteiger partial charge in [-0.15, -0.1) is 0 Å². The second kappa shape index (κ2) is 7.09. The predicted molar refractivity (Wildman–Crippen MR) is 86.3 cm³/mol. The standard InChI is InChI=1S/C15H14FN7O3/c1-21-7-6-17-14(21)13(10-4-2-3-5-11(10)16)19-12(24)8-22-9-18-15(20-22)23(25)26/h2-7,9,13H,8H2,1H3,(H,19,24). The zero-order valence-corrected chi connectivity index (χ0v) is 13.6. The lowest BCUT2D eigenvalue weighted by Gasteiger charge is -2.19. The van der Waals surface area contributed by atoms with Crippen molar-refractivity contribution >= 4 is 11.9 Å². The summed E-state index contributed by atoms with van der Waals surface area (Å²) in [5, 5.41) is 16.9. The van der Waals surface area contributed by atoms with Gasteiger partial charge in [-0.2, -0.15) is 4.68 Å². The van der Waals surface area contributed by atoms with Gasteiger partial charge in [0.2, 0.25) is 12.2 Å². The SMILES string of the molecule is Cn1ccnc1C(NC(=O)Cn1cnc([N+](=O)[O-])n1)c1ccccc1F. The zero-order valence-electron chi connectivity index (χ0n) is 13.6. The number of benzene rings is 1. The van der Waals surface area contributed by atoms with E-state index >= 15 is 0 Å². The van der Waals surface area contributed by atoms with Gasteiger partial charge in [0.25, 0.3) is 0 Å². The highest BCUT2D eigenvalue weighted by atomic mass is 19.1. The van der Waals surface area contributed by atoms with Crippen LogP contribution in [0.25, 0.3) is 0 Å². The van der Waals surface area contributed by atoms with Crippen LogP contribution in [-0.2, 0) is 18.4 Å². The van der Waals surface area contributed by atoms with E-state index in [1.54, 1.807) is 36.0 Å². The first-order valence-corrected chi connectivity index (χ1v) is 7.50. The highest BCUT2D eigenvalue weighted by molar-refractivity contribution is 5.76. The van der Waals surface area contributed by atoms with Gasteiger partial charge in [0.05, 0.1) is 0 Å². The van der Waals surface area contributed by atoms with E-state index in [2.05, 4.69) is 20.4 Å². The normalized spacial score (nSPS) is 11.9. The average Bonchev–Trinajstić information content (AvgIpc) is 3.22. The number of amides is 1. The van der Waals surface area contributed by atoms with E-state index in [9.17, 15) is 19.3 Å². The molecule has 0 aliphatic heterocycles. The van der Waals surface area contributed by atoms with Crippen LogP contribution in [0.15, 0.2) is 43.0 Å². The molecule has 0 saturated carbocycles. The van der Waals surface area contributed by atoms with Crippen LogP contribution in [0.2, 0.25) is 0 Å². The minimum Gasteiger partial charge on any atom is -0.390 e. The highest BCUT2D eigenvalue weighted by Gasteiger charge is 2.24. The fourth-order valence-corrected chi connectivity index (χ4v) is 2.44. The number of halogens is 1. The molecular weight excluding hydrogens is 345 g/mol. The Morgan fingerprint density at radius 3 is 2.77 bits per heavy atom. The van der Waals surface area contributed by atoms with Crippen molar-refractivity contribution in [2.75, 3.05) is 0 Å². The Balaban J connectivity index is 1.84. The van der Waals surface area contributed by atoms with E-state index in [1.165, 1.54) is 12.3 Å². The molecule has 2 aromatic heterocycles. The monoisotopic (exact) mass is 359 g/mol. The van der Waals surface area contributed by atoms with E-state index in [4.69, 9.17) is 0 Å². The maximum absolute atomic E-state index is 14.2. The second-order valence-electron chi connectivity index (χ2n) is 5.42. The molecule has 10 nitrogen and oxygen atoms in total. The van der Waals surface area contributed by atoms with Crippen LogP contribution in [0.1, 0.15) is 17.4 Å². The van der Waals surface area contributed by atoms with Crippen LogP contribution >= 0.6 is 0 Å². The summed E-state index contributed by atoms with van der Waals surface area (Å²) in [6.45, 7) is -0.309. The fourth-order valence-electron chi connectivity index (χ4n) is 2.44. The number of hydrogen-bond donors (Lipinski definition) is 1. The van der Waals surface area contributed by atoms with Crippen molar-refractivity contribution < 1.29 is 14.1 Å². The lowest BCUT2D eigenvalue weighted by Crippen LogP contribution is -2.34. The third kappa shape index (κ3) is 3.55. The minimum absolute atomic E-state index is 0.250. The van der Waals surface area contributed by atoms with E-state index in [-0.39, 0.29) is 12.1 Å². The molecule has 1 atom stereocenters. The molecule has 0 aliphatic rings. The topological polar surface area (TPSA) is 121 Å². The number of carbonyl (C=O) groups is 1. The molecule has 26 heavy (non-hydrogen) atoms. The summed E-state index contributed by atoms with van der Waals surface area (Å²) in [7, 11) is 1.73. The number of nitro groups is 1. The van der Waals surface area contributed by atoms with Gasteiger partial charge in [-0.25, -0.2) is 9.37 Å². The lowest BCUT2D eigenvalue weighted by molar-refractivity contribution is -0.394. The van der Waals surface area contributed by atoms with E-state index in [1.807, 2.05) is 0 Å². The Labute approximate surface area is 146 Å². The third-order valence-corrected chi connectivity index (χ3v) is 3.63. The van der Waals surface area contributed by atoms with Crippen LogP contribution in [0.4, 0.5) is 10.3 Å². The molecule has 3 aromatic rings. The Morgan fingerprint density at radius 2 is 2.15 bits per heavy atom. The molecule has 0 saturated heterocycles. The summed E-state index contributed by atoms with van der Waals surface area (Å²) in [6.07, 6.45) is 4.29. The van der Waals surface area contributed by atoms with E-state index < -0.39 is 28.6 Å². The van der Waals surface area contributed by atoms with Crippen LogP contribution < -0.4 is 5.32 Å². The number of imidazole rings is 1. The number of rotatable bonds is 6. The summed E-state index contributed by atoms with van der Waals surface area (Å²) in [4.78, 5) is 29.9. The van der Waals surface area contributed by atoms with Gasteiger partial charge in [0.15, 0.2) is 0 Å². The summed E-state index contributed by atoms with van der Waals surface area (Å²) in [5.74, 6) is -1.18. The Hall–Kier alpha value is -3.63. The van der Waals surface area contributed by atoms with Gasteiger partial charge in [-0.1, -0.05) is 23.2 Å². The summed E-state index contributed by atoms with van der Waals surface area (Å²) in [6, 6.07) is 5.21. The molecule has 0 bridgehead atoms. The van der Waals surface area contributed by atoms with Gasteiger partial charge < -0.3 is 20.0 Å². The number of nitrogens with zero attached hydrogens (tertiary/aromatic N) is 6. The number of aromatic nitrogens is 5. The Kier molecular flexibility index (Phi) is 4.69. The summed E-state index contributed by atoms with van der Waals surface area (Å²) in [5.41, 5.74) is 0.250. The van der Waals surface area contributed by atoms with E-state index in [0.29, 0.717) is 5.82 Å². The van der Waals surface area contributed by atoms with Crippen molar-refractivity contribution in [3.63, 3.8) is 0 Å². The molecule has 1 aromatic carbocycles. The van der Waals surface area contributed by atoms with Crippen molar-refractivity contribution in [2.45, 2.75) is 12.6 Å². The number of hydrogen-bond acceptors (Lipinski definition) is 6. The first-order chi connectivity index (χ1) is 12.5. The molecule has 2 heterocycles. The van der Waals surface area contributed by atoms with Crippen molar-refractivity contribution in [1.29, 1.82) is 0 Å². The predicted octanol–water partition coefficient (Wildman–Crippen LogP) is 0.965. The average molecular weight is 359 g/mol. The number of carbonyl (C=O) groups excluding carboxylic acids is 1. The molecule has 0 radical (unpaired) electrons. The second-order valence-corrected chi connectivity index (χ2v) is 5.42. The molecule has 0 aliphatic carbocycles. The molecule has 0 fully saturated rings. The zero-order chi connectivity index (χ0) is 18.7. The molecule has 11 heteroatoms. The Bertz CT molecular complexity index is 952. The maximum Gasteiger partial charge on any atom is 0.490 e. The van der Waals surface area contributed by atoms with Crippen LogP contribution in [0.3, 0.4) is 0 Å². The van der Waals surface area contributed by atoms with Crippen molar-refractivity contribution in [2.24, 2.45) is 7.05 Å². The quantitative estimate of drug-likeness (QED) is 0.517. The first kappa shape index (κ1) is 17.2. The molecule has 1 unspecified atom stereocenters. The molecule has 1 N–H and O–H groups in total. The van der Waals surface area contributed by atoms with Gasteiger partial charge in [0, 0.05) is 30.1 Å². The number of nitrogens with one attached hydrogen (secondary N) is 1. The van der Waals surface area contributed by atoms with Gasteiger partial charge in [-0.05, 0) is 11.0 Å². The van der Waals surface area contributed by atoms with Crippen molar-refractivity contribution in [3.8, 4) is 0 Å². The van der Waals surface area contributed by atoms with Gasteiger partial charge in [0.1, 0.15) is 24.2 Å². The minimum atomic E-state index is -0.831. The fraction of sp³-hybridized carbons (Fsp3) is 0.200.